The molecule has 0 aliphatic heterocycles. The highest BCUT2D eigenvalue weighted by Crippen LogP contribution is 2.20. The number of carbonyl (C=O) groups is 2. The number of amides is 1. The second kappa shape index (κ2) is 6.68. The molecule has 0 saturated heterocycles. The maximum absolute atomic E-state index is 12.4. The molecule has 0 fully saturated rings. The summed E-state index contributed by atoms with van der Waals surface area (Å²) in [5.41, 5.74) is 2.60. The third kappa shape index (κ3) is 3.00. The van der Waals surface area contributed by atoms with Gasteiger partial charge in [-0.05, 0) is 6.07 Å². The Morgan fingerprint density at radius 2 is 1.81 bits per heavy atom. The van der Waals surface area contributed by atoms with E-state index in [4.69, 9.17) is 4.52 Å². The van der Waals surface area contributed by atoms with Gasteiger partial charge in [0.1, 0.15) is 5.69 Å². The second-order valence-electron chi connectivity index (χ2n) is 5.81. The fourth-order valence-electron chi connectivity index (χ4n) is 2.77. The van der Waals surface area contributed by atoms with Gasteiger partial charge in [-0.3, -0.25) is 9.59 Å². The first-order valence-corrected chi connectivity index (χ1v) is 8.12. The average molecular weight is 345 g/mol. The zero-order chi connectivity index (χ0) is 17.9. The van der Waals surface area contributed by atoms with Gasteiger partial charge in [0, 0.05) is 28.7 Å². The summed E-state index contributed by atoms with van der Waals surface area (Å²) >= 11 is 0. The molecule has 4 aromatic rings. The van der Waals surface area contributed by atoms with Crippen LogP contribution in [0.25, 0.3) is 22.2 Å². The smallest absolute Gasteiger partial charge is 0.292 e. The van der Waals surface area contributed by atoms with E-state index in [1.165, 1.54) is 0 Å². The third-order valence-electron chi connectivity index (χ3n) is 4.09. The first-order valence-electron chi connectivity index (χ1n) is 8.12. The van der Waals surface area contributed by atoms with Crippen LogP contribution in [0.2, 0.25) is 0 Å². The molecule has 0 saturated carbocycles. The van der Waals surface area contributed by atoms with Crippen molar-refractivity contribution >= 4 is 22.6 Å². The van der Waals surface area contributed by atoms with Crippen LogP contribution in [0.5, 0.6) is 0 Å². The first kappa shape index (κ1) is 15.8. The highest BCUT2D eigenvalue weighted by Gasteiger charge is 2.20. The van der Waals surface area contributed by atoms with Crippen LogP contribution < -0.4 is 5.32 Å². The Labute approximate surface area is 148 Å². The number of rotatable bonds is 5. The highest BCUT2D eigenvalue weighted by molar-refractivity contribution is 6.44. The second-order valence-corrected chi connectivity index (χ2v) is 5.81. The number of benzene rings is 2. The van der Waals surface area contributed by atoms with E-state index in [1.807, 2.05) is 48.5 Å². The molecular weight excluding hydrogens is 330 g/mol. The van der Waals surface area contributed by atoms with Gasteiger partial charge in [-0.2, -0.15) is 0 Å². The Morgan fingerprint density at radius 3 is 2.65 bits per heavy atom. The molecule has 0 aliphatic rings. The predicted octanol–water partition coefficient (Wildman–Crippen LogP) is 3.32. The summed E-state index contributed by atoms with van der Waals surface area (Å²) in [6.45, 7) is 0.114. The van der Waals surface area contributed by atoms with Gasteiger partial charge in [0.25, 0.3) is 11.7 Å². The molecule has 0 unspecified atom stereocenters. The normalized spacial score (nSPS) is 10.8. The lowest BCUT2D eigenvalue weighted by atomic mass is 10.1. The number of nitrogens with zero attached hydrogens (tertiary/aromatic N) is 1. The van der Waals surface area contributed by atoms with Crippen molar-refractivity contribution < 1.29 is 14.1 Å². The topological polar surface area (TPSA) is 88.0 Å². The van der Waals surface area contributed by atoms with Crippen molar-refractivity contribution in [2.75, 3.05) is 0 Å². The molecule has 0 atom stereocenters. The standard InChI is InChI=1S/C20H15N3O3/c24-19(16-12-21-17-9-5-4-8-15(16)17)20(25)22-11-14-10-18(26-23-14)13-6-2-1-3-7-13/h1-10,12,21H,11H2,(H,22,25). The number of H-pyrrole nitrogens is 1. The summed E-state index contributed by atoms with van der Waals surface area (Å²) in [6.07, 6.45) is 1.55. The van der Waals surface area contributed by atoms with Crippen LogP contribution in [0.3, 0.4) is 0 Å². The summed E-state index contributed by atoms with van der Waals surface area (Å²) in [4.78, 5) is 27.6. The Hall–Kier alpha value is -3.67. The summed E-state index contributed by atoms with van der Waals surface area (Å²) < 4.78 is 5.28. The van der Waals surface area contributed by atoms with Gasteiger partial charge in [-0.1, -0.05) is 53.7 Å². The van der Waals surface area contributed by atoms with E-state index in [0.717, 1.165) is 16.5 Å². The summed E-state index contributed by atoms with van der Waals surface area (Å²) in [5.74, 6) is -0.661. The monoisotopic (exact) mass is 345 g/mol. The molecule has 2 heterocycles. The molecule has 0 radical (unpaired) electrons. The summed E-state index contributed by atoms with van der Waals surface area (Å²) in [7, 11) is 0. The number of Topliss-reactive ketones (excluding diaryl/α,β-unsaturated/α-hetero) is 1. The maximum atomic E-state index is 12.4. The van der Waals surface area contributed by atoms with Crippen LogP contribution in [0, 0.1) is 0 Å². The number of carbonyl (C=O) groups excluding carboxylic acids is 2. The molecule has 2 aromatic heterocycles. The average Bonchev–Trinajstić information content (AvgIpc) is 3.33. The molecule has 6 heteroatoms. The number of para-hydroxylation sites is 1. The van der Waals surface area contributed by atoms with E-state index in [1.54, 1.807) is 18.3 Å². The summed E-state index contributed by atoms with van der Waals surface area (Å²) in [5, 5.41) is 7.24. The SMILES string of the molecule is O=C(NCc1cc(-c2ccccc2)on1)C(=O)c1c[nH]c2ccccc12. The van der Waals surface area contributed by atoms with Gasteiger partial charge < -0.3 is 14.8 Å². The van der Waals surface area contributed by atoms with Crippen molar-refractivity contribution in [2.45, 2.75) is 6.54 Å². The molecule has 128 valence electrons. The Bertz CT molecular complexity index is 1080. The minimum Gasteiger partial charge on any atom is -0.360 e. The van der Waals surface area contributed by atoms with E-state index in [-0.39, 0.29) is 6.54 Å². The molecule has 2 aromatic carbocycles. The fraction of sp³-hybridized carbons (Fsp3) is 0.0500. The summed E-state index contributed by atoms with van der Waals surface area (Å²) in [6, 6.07) is 18.6. The molecule has 0 spiro atoms. The number of nitrogens with one attached hydrogen (secondary N) is 2. The Balaban J connectivity index is 1.44. The van der Waals surface area contributed by atoms with Crippen molar-refractivity contribution in [3.8, 4) is 11.3 Å². The van der Waals surface area contributed by atoms with E-state index in [9.17, 15) is 9.59 Å². The maximum Gasteiger partial charge on any atom is 0.292 e. The first-order chi connectivity index (χ1) is 12.7. The van der Waals surface area contributed by atoms with Crippen LogP contribution in [-0.2, 0) is 11.3 Å². The predicted molar refractivity (Wildman–Crippen MR) is 96.4 cm³/mol. The lowest BCUT2D eigenvalue weighted by Crippen LogP contribution is -2.30. The van der Waals surface area contributed by atoms with Crippen molar-refractivity contribution in [1.29, 1.82) is 0 Å². The Kier molecular flexibility index (Phi) is 4.07. The van der Waals surface area contributed by atoms with E-state index >= 15 is 0 Å². The lowest BCUT2D eigenvalue weighted by molar-refractivity contribution is -0.117. The van der Waals surface area contributed by atoms with Crippen molar-refractivity contribution in [1.82, 2.24) is 15.5 Å². The number of aromatic amines is 1. The largest absolute Gasteiger partial charge is 0.360 e. The van der Waals surface area contributed by atoms with Gasteiger partial charge in [0.2, 0.25) is 0 Å². The van der Waals surface area contributed by atoms with Gasteiger partial charge in [0.05, 0.1) is 12.1 Å². The molecular formula is C20H15N3O3. The molecule has 4 rings (SSSR count). The number of fused-ring (bicyclic) bond motifs is 1. The van der Waals surface area contributed by atoms with Gasteiger partial charge in [-0.25, -0.2) is 0 Å². The Morgan fingerprint density at radius 1 is 1.04 bits per heavy atom. The van der Waals surface area contributed by atoms with Gasteiger partial charge in [0.15, 0.2) is 5.76 Å². The quantitative estimate of drug-likeness (QED) is 0.429. The minimum atomic E-state index is -0.681. The number of ketones is 1. The molecule has 1 amide bonds. The van der Waals surface area contributed by atoms with Crippen LogP contribution in [0.15, 0.2) is 71.4 Å². The molecule has 6 nitrogen and oxygen atoms in total. The van der Waals surface area contributed by atoms with Crippen molar-refractivity contribution in [3.05, 3.63) is 78.1 Å². The number of hydrogen-bond acceptors (Lipinski definition) is 4. The lowest BCUT2D eigenvalue weighted by Gasteiger charge is -2.01. The fourth-order valence-corrected chi connectivity index (χ4v) is 2.77. The van der Waals surface area contributed by atoms with E-state index in [2.05, 4.69) is 15.5 Å². The van der Waals surface area contributed by atoms with Gasteiger partial charge in [-0.15, -0.1) is 0 Å². The molecule has 2 N–H and O–H groups in total. The van der Waals surface area contributed by atoms with E-state index in [0.29, 0.717) is 17.0 Å². The van der Waals surface area contributed by atoms with Crippen molar-refractivity contribution in [2.24, 2.45) is 0 Å². The van der Waals surface area contributed by atoms with Gasteiger partial charge >= 0.3 is 0 Å². The van der Waals surface area contributed by atoms with Crippen molar-refractivity contribution in [3.63, 3.8) is 0 Å². The van der Waals surface area contributed by atoms with E-state index < -0.39 is 11.7 Å². The van der Waals surface area contributed by atoms with Crippen LogP contribution >= 0.6 is 0 Å². The van der Waals surface area contributed by atoms with Crippen LogP contribution in [0.1, 0.15) is 16.1 Å². The zero-order valence-corrected chi connectivity index (χ0v) is 13.7. The van der Waals surface area contributed by atoms with Crippen LogP contribution in [-0.4, -0.2) is 21.8 Å². The minimum absolute atomic E-state index is 0.114. The third-order valence-corrected chi connectivity index (χ3v) is 4.09. The molecule has 26 heavy (non-hydrogen) atoms. The zero-order valence-electron chi connectivity index (χ0n) is 13.7. The number of aromatic nitrogens is 2. The number of hydrogen-bond donors (Lipinski definition) is 2. The van der Waals surface area contributed by atoms with Crippen LogP contribution in [0.4, 0.5) is 0 Å². The molecule has 0 bridgehead atoms. The molecule has 0 aliphatic carbocycles. The highest BCUT2D eigenvalue weighted by atomic mass is 16.5.